The van der Waals surface area contributed by atoms with Crippen molar-refractivity contribution in [2.24, 2.45) is 0 Å². The first-order valence-electron chi connectivity index (χ1n) is 8.30. The number of nitrogens with zero attached hydrogens (tertiary/aromatic N) is 1. The molecule has 0 aliphatic heterocycles. The summed E-state index contributed by atoms with van der Waals surface area (Å²) in [7, 11) is 3.36. The summed E-state index contributed by atoms with van der Waals surface area (Å²) in [5.41, 5.74) is 1.08. The maximum absolute atomic E-state index is 12.2. The molecule has 0 aliphatic carbocycles. The van der Waals surface area contributed by atoms with E-state index in [1.807, 2.05) is 55.5 Å². The van der Waals surface area contributed by atoms with Crippen LogP contribution in [0, 0.1) is 6.92 Å². The molecule has 0 spiro atoms. The number of amides is 1. The van der Waals surface area contributed by atoms with Gasteiger partial charge in [0.05, 0.1) is 26.7 Å². The Labute approximate surface area is 149 Å². The number of aryl methyl sites for hydroxylation is 1. The van der Waals surface area contributed by atoms with Gasteiger partial charge in [0.25, 0.3) is 0 Å². The van der Waals surface area contributed by atoms with Gasteiger partial charge in [0.15, 0.2) is 11.5 Å². The number of hydrogen-bond donors (Lipinski definition) is 0. The van der Waals surface area contributed by atoms with Gasteiger partial charge in [0, 0.05) is 7.05 Å². The lowest BCUT2D eigenvalue weighted by atomic mass is 10.2. The monoisotopic (exact) mass is 343 g/mol. The van der Waals surface area contributed by atoms with Crippen molar-refractivity contribution in [3.63, 3.8) is 0 Å². The summed E-state index contributed by atoms with van der Waals surface area (Å²) in [5, 5.41) is 0. The van der Waals surface area contributed by atoms with Gasteiger partial charge in [0.2, 0.25) is 5.91 Å². The summed E-state index contributed by atoms with van der Waals surface area (Å²) in [6.45, 7) is 3.30. The van der Waals surface area contributed by atoms with Crippen LogP contribution >= 0.6 is 0 Å². The highest BCUT2D eigenvalue weighted by Gasteiger charge is 2.10. The van der Waals surface area contributed by atoms with Crippen molar-refractivity contribution in [1.82, 2.24) is 4.90 Å². The third-order valence-electron chi connectivity index (χ3n) is 3.85. The number of carbonyl (C=O) groups excluding carboxylic acids is 1. The molecular formula is C20H25NO4. The zero-order valence-electron chi connectivity index (χ0n) is 15.0. The second-order valence-corrected chi connectivity index (χ2v) is 5.68. The number of hydrogen-bond acceptors (Lipinski definition) is 4. The van der Waals surface area contributed by atoms with E-state index in [9.17, 15) is 4.79 Å². The third kappa shape index (κ3) is 5.71. The third-order valence-corrected chi connectivity index (χ3v) is 3.85. The van der Waals surface area contributed by atoms with Gasteiger partial charge in [0.1, 0.15) is 12.4 Å². The highest BCUT2D eigenvalue weighted by Crippen LogP contribution is 2.25. The van der Waals surface area contributed by atoms with Gasteiger partial charge in [-0.05, 0) is 30.7 Å². The summed E-state index contributed by atoms with van der Waals surface area (Å²) in [6.07, 6.45) is 0.304. The predicted octanol–water partition coefficient (Wildman–Crippen LogP) is 3.31. The van der Waals surface area contributed by atoms with E-state index in [0.717, 1.165) is 11.3 Å². The molecule has 134 valence electrons. The molecule has 5 heteroatoms. The SMILES string of the molecule is COc1ccccc1OCCC(=O)N(C)CCOc1ccccc1C. The maximum atomic E-state index is 12.2. The molecule has 0 N–H and O–H groups in total. The molecule has 0 unspecified atom stereocenters. The molecule has 0 heterocycles. The minimum atomic E-state index is 0.0169. The van der Waals surface area contributed by atoms with Crippen LogP contribution in [0.2, 0.25) is 0 Å². The number of likely N-dealkylation sites (N-methyl/N-ethyl adjacent to an activating group) is 1. The average Bonchev–Trinajstić information content (AvgIpc) is 2.63. The Bertz CT molecular complexity index is 687. The molecule has 2 aromatic rings. The molecule has 1 amide bonds. The fourth-order valence-electron chi connectivity index (χ4n) is 2.31. The highest BCUT2D eigenvalue weighted by atomic mass is 16.5. The van der Waals surface area contributed by atoms with Crippen LogP contribution in [0.1, 0.15) is 12.0 Å². The van der Waals surface area contributed by atoms with Crippen molar-refractivity contribution >= 4 is 5.91 Å². The minimum Gasteiger partial charge on any atom is -0.493 e. The molecule has 0 saturated heterocycles. The van der Waals surface area contributed by atoms with E-state index in [-0.39, 0.29) is 5.91 Å². The lowest BCUT2D eigenvalue weighted by molar-refractivity contribution is -0.130. The first-order valence-corrected chi connectivity index (χ1v) is 8.30. The van der Waals surface area contributed by atoms with E-state index in [4.69, 9.17) is 14.2 Å². The predicted molar refractivity (Wildman–Crippen MR) is 97.4 cm³/mol. The maximum Gasteiger partial charge on any atom is 0.225 e. The number of para-hydroxylation sites is 3. The van der Waals surface area contributed by atoms with Crippen molar-refractivity contribution in [3.8, 4) is 17.2 Å². The molecule has 0 aromatic heterocycles. The van der Waals surface area contributed by atoms with Crippen molar-refractivity contribution in [2.45, 2.75) is 13.3 Å². The molecular weight excluding hydrogens is 318 g/mol. The Hall–Kier alpha value is -2.69. The van der Waals surface area contributed by atoms with Crippen molar-refractivity contribution in [2.75, 3.05) is 33.9 Å². The Balaban J connectivity index is 1.70. The second-order valence-electron chi connectivity index (χ2n) is 5.68. The van der Waals surface area contributed by atoms with Crippen LogP contribution in [0.5, 0.6) is 17.2 Å². The minimum absolute atomic E-state index is 0.0169. The van der Waals surface area contributed by atoms with Gasteiger partial charge in [-0.15, -0.1) is 0 Å². The molecule has 0 aliphatic rings. The normalized spacial score (nSPS) is 10.2. The standard InChI is InChI=1S/C20H25NO4/c1-16-8-4-5-9-17(16)25-15-13-21(2)20(22)12-14-24-19-11-7-6-10-18(19)23-3/h4-11H,12-15H2,1-3H3. The number of methoxy groups -OCH3 is 1. The summed E-state index contributed by atoms with van der Waals surface area (Å²) in [4.78, 5) is 13.8. The van der Waals surface area contributed by atoms with Crippen LogP contribution in [0.25, 0.3) is 0 Å². The lowest BCUT2D eigenvalue weighted by Gasteiger charge is -2.18. The van der Waals surface area contributed by atoms with E-state index in [0.29, 0.717) is 37.7 Å². The van der Waals surface area contributed by atoms with Gasteiger partial charge < -0.3 is 19.1 Å². The van der Waals surface area contributed by atoms with Crippen LogP contribution in [-0.4, -0.2) is 44.7 Å². The van der Waals surface area contributed by atoms with Crippen molar-refractivity contribution < 1.29 is 19.0 Å². The Morgan fingerprint density at radius 3 is 2.20 bits per heavy atom. The summed E-state index contributed by atoms with van der Waals surface area (Å²) >= 11 is 0. The van der Waals surface area contributed by atoms with Crippen LogP contribution in [0.3, 0.4) is 0 Å². The molecule has 0 saturated carbocycles. The van der Waals surface area contributed by atoms with Gasteiger partial charge in [-0.3, -0.25) is 4.79 Å². The summed E-state index contributed by atoms with van der Waals surface area (Å²) in [6, 6.07) is 15.2. The van der Waals surface area contributed by atoms with Crippen LogP contribution in [0.4, 0.5) is 0 Å². The van der Waals surface area contributed by atoms with Gasteiger partial charge in [-0.1, -0.05) is 30.3 Å². The van der Waals surface area contributed by atoms with E-state index < -0.39 is 0 Å². The Morgan fingerprint density at radius 2 is 1.52 bits per heavy atom. The first-order chi connectivity index (χ1) is 12.1. The number of ether oxygens (including phenoxy) is 3. The Kier molecular flexibility index (Phi) is 7.14. The van der Waals surface area contributed by atoms with E-state index in [1.165, 1.54) is 0 Å². The van der Waals surface area contributed by atoms with Gasteiger partial charge in [-0.2, -0.15) is 0 Å². The Morgan fingerprint density at radius 1 is 0.920 bits per heavy atom. The van der Waals surface area contributed by atoms with Crippen molar-refractivity contribution in [3.05, 3.63) is 54.1 Å². The fraction of sp³-hybridized carbons (Fsp3) is 0.350. The first kappa shape index (κ1) is 18.6. The largest absolute Gasteiger partial charge is 0.493 e. The van der Waals surface area contributed by atoms with Gasteiger partial charge in [-0.25, -0.2) is 0 Å². The molecule has 0 bridgehead atoms. The number of carbonyl (C=O) groups is 1. The summed E-state index contributed by atoms with van der Waals surface area (Å²) < 4.78 is 16.6. The smallest absolute Gasteiger partial charge is 0.225 e. The molecule has 25 heavy (non-hydrogen) atoms. The highest BCUT2D eigenvalue weighted by molar-refractivity contribution is 5.76. The van der Waals surface area contributed by atoms with Gasteiger partial charge >= 0.3 is 0 Å². The zero-order chi connectivity index (χ0) is 18.1. The molecule has 0 fully saturated rings. The second kappa shape index (κ2) is 9.57. The molecule has 5 nitrogen and oxygen atoms in total. The molecule has 0 atom stereocenters. The zero-order valence-corrected chi connectivity index (χ0v) is 15.0. The summed E-state index contributed by atoms with van der Waals surface area (Å²) in [5.74, 6) is 2.17. The number of benzene rings is 2. The van der Waals surface area contributed by atoms with Crippen LogP contribution < -0.4 is 14.2 Å². The molecule has 0 radical (unpaired) electrons. The van der Waals surface area contributed by atoms with E-state index in [2.05, 4.69) is 0 Å². The fourth-order valence-corrected chi connectivity index (χ4v) is 2.31. The lowest BCUT2D eigenvalue weighted by Crippen LogP contribution is -2.31. The van der Waals surface area contributed by atoms with E-state index in [1.54, 1.807) is 19.1 Å². The topological polar surface area (TPSA) is 48.0 Å². The van der Waals surface area contributed by atoms with Crippen LogP contribution in [-0.2, 0) is 4.79 Å². The average molecular weight is 343 g/mol. The number of rotatable bonds is 9. The quantitative estimate of drug-likeness (QED) is 0.701. The molecule has 2 rings (SSSR count). The van der Waals surface area contributed by atoms with Crippen LogP contribution in [0.15, 0.2) is 48.5 Å². The molecule has 2 aromatic carbocycles. The van der Waals surface area contributed by atoms with E-state index >= 15 is 0 Å². The van der Waals surface area contributed by atoms with Crippen molar-refractivity contribution in [1.29, 1.82) is 0 Å².